The van der Waals surface area contributed by atoms with E-state index in [2.05, 4.69) is 21.2 Å². The third kappa shape index (κ3) is 6.56. The molecule has 0 aliphatic carbocycles. The van der Waals surface area contributed by atoms with Gasteiger partial charge in [0.2, 0.25) is 11.8 Å². The molecular formula is C21H25BrN2O3S. The molecule has 2 rings (SSSR count). The fraction of sp³-hybridized carbons (Fsp3) is 0.333. The monoisotopic (exact) mass is 464 g/mol. The smallest absolute Gasteiger partial charge is 0.242 e. The highest BCUT2D eigenvalue weighted by Gasteiger charge is 2.25. The molecule has 0 radical (unpaired) electrons. The fourth-order valence-electron chi connectivity index (χ4n) is 2.68. The van der Waals surface area contributed by atoms with Crippen LogP contribution in [0.4, 0.5) is 0 Å². The number of nitrogens with one attached hydrogen (secondary N) is 1. The Morgan fingerprint density at radius 3 is 2.54 bits per heavy atom. The Bertz CT molecular complexity index is 798. The van der Waals surface area contributed by atoms with E-state index in [4.69, 9.17) is 4.74 Å². The highest BCUT2D eigenvalue weighted by molar-refractivity contribution is 9.10. The Labute approximate surface area is 179 Å². The molecule has 0 aromatic heterocycles. The highest BCUT2D eigenvalue weighted by atomic mass is 79.9. The molecule has 5 nitrogen and oxygen atoms in total. The first kappa shape index (κ1) is 22.3. The molecule has 0 saturated carbocycles. The predicted octanol–water partition coefficient (Wildman–Crippen LogP) is 3.85. The summed E-state index contributed by atoms with van der Waals surface area (Å²) in [5.41, 5.74) is 2.07. The molecule has 0 unspecified atom stereocenters. The minimum absolute atomic E-state index is 0.0685. The summed E-state index contributed by atoms with van der Waals surface area (Å²) < 4.78 is 6.29. The number of halogens is 1. The SMILES string of the molecule is CNC(=O)[C@H](C)N(Cc1cccc(OC)c1)C(=O)CSCc1ccc(Br)cc1. The number of amides is 2. The zero-order valence-electron chi connectivity index (χ0n) is 16.3. The van der Waals surface area contributed by atoms with E-state index in [1.807, 2.05) is 48.5 Å². The van der Waals surface area contributed by atoms with Gasteiger partial charge < -0.3 is 15.0 Å². The number of carbonyl (C=O) groups excluding carboxylic acids is 2. The van der Waals surface area contributed by atoms with Gasteiger partial charge in [-0.3, -0.25) is 9.59 Å². The van der Waals surface area contributed by atoms with Crippen LogP contribution in [-0.4, -0.2) is 42.7 Å². The number of methoxy groups -OCH3 is 1. The molecule has 28 heavy (non-hydrogen) atoms. The number of hydrogen-bond acceptors (Lipinski definition) is 4. The van der Waals surface area contributed by atoms with Crippen LogP contribution in [-0.2, 0) is 21.9 Å². The van der Waals surface area contributed by atoms with Crippen LogP contribution >= 0.6 is 27.7 Å². The molecule has 0 saturated heterocycles. The standard InChI is InChI=1S/C21H25BrN2O3S/c1-15(21(26)23-2)24(12-17-5-4-6-19(11-17)27-3)20(25)14-28-13-16-7-9-18(22)10-8-16/h4-11,15H,12-14H2,1-3H3,(H,23,26)/t15-/m0/s1. The number of rotatable bonds is 9. The molecular weight excluding hydrogens is 440 g/mol. The molecule has 150 valence electrons. The van der Waals surface area contributed by atoms with Gasteiger partial charge in [-0.25, -0.2) is 0 Å². The van der Waals surface area contributed by atoms with Gasteiger partial charge in [-0.2, -0.15) is 0 Å². The molecule has 7 heteroatoms. The van der Waals surface area contributed by atoms with E-state index >= 15 is 0 Å². The van der Waals surface area contributed by atoms with Crippen LogP contribution in [0, 0.1) is 0 Å². The number of benzene rings is 2. The van der Waals surface area contributed by atoms with Crippen LogP contribution < -0.4 is 10.1 Å². The van der Waals surface area contributed by atoms with Crippen molar-refractivity contribution in [1.82, 2.24) is 10.2 Å². The molecule has 2 aromatic rings. The van der Waals surface area contributed by atoms with Gasteiger partial charge in [-0.15, -0.1) is 11.8 Å². The van der Waals surface area contributed by atoms with E-state index in [9.17, 15) is 9.59 Å². The van der Waals surface area contributed by atoms with Crippen LogP contribution in [0.1, 0.15) is 18.1 Å². The average Bonchev–Trinajstić information content (AvgIpc) is 2.72. The van der Waals surface area contributed by atoms with E-state index in [-0.39, 0.29) is 11.8 Å². The number of carbonyl (C=O) groups is 2. The van der Waals surface area contributed by atoms with Crippen molar-refractivity contribution in [3.63, 3.8) is 0 Å². The van der Waals surface area contributed by atoms with Crippen LogP contribution in [0.15, 0.2) is 53.0 Å². The Morgan fingerprint density at radius 1 is 1.18 bits per heavy atom. The second kappa shape index (κ2) is 11.1. The lowest BCUT2D eigenvalue weighted by atomic mass is 10.1. The number of ether oxygens (including phenoxy) is 1. The minimum atomic E-state index is -0.558. The van der Waals surface area contributed by atoms with Crippen LogP contribution in [0.25, 0.3) is 0 Å². The molecule has 1 N–H and O–H groups in total. The van der Waals surface area contributed by atoms with Crippen LogP contribution in [0.5, 0.6) is 5.75 Å². The molecule has 2 amide bonds. The molecule has 0 heterocycles. The average molecular weight is 465 g/mol. The zero-order valence-corrected chi connectivity index (χ0v) is 18.7. The van der Waals surface area contributed by atoms with E-state index in [0.717, 1.165) is 27.1 Å². The van der Waals surface area contributed by atoms with Crippen molar-refractivity contribution >= 4 is 39.5 Å². The topological polar surface area (TPSA) is 58.6 Å². The summed E-state index contributed by atoms with van der Waals surface area (Å²) >= 11 is 4.96. The maximum absolute atomic E-state index is 12.9. The number of thioether (sulfide) groups is 1. The minimum Gasteiger partial charge on any atom is -0.497 e. The van der Waals surface area contributed by atoms with Gasteiger partial charge in [0.25, 0.3) is 0 Å². The number of likely N-dealkylation sites (N-methyl/N-ethyl adjacent to an activating group) is 1. The molecule has 1 atom stereocenters. The summed E-state index contributed by atoms with van der Waals surface area (Å²) in [7, 11) is 3.18. The largest absolute Gasteiger partial charge is 0.497 e. The van der Waals surface area contributed by atoms with Gasteiger partial charge in [0.1, 0.15) is 11.8 Å². The van der Waals surface area contributed by atoms with Gasteiger partial charge in [-0.05, 0) is 42.3 Å². The molecule has 0 aliphatic heterocycles. The maximum Gasteiger partial charge on any atom is 0.242 e. The fourth-order valence-corrected chi connectivity index (χ4v) is 3.81. The molecule has 2 aromatic carbocycles. The third-order valence-electron chi connectivity index (χ3n) is 4.31. The normalized spacial score (nSPS) is 11.6. The molecule has 0 spiro atoms. The van der Waals surface area contributed by atoms with Crippen molar-refractivity contribution in [3.8, 4) is 5.75 Å². The van der Waals surface area contributed by atoms with Gasteiger partial charge in [0.15, 0.2) is 0 Å². The van der Waals surface area contributed by atoms with E-state index in [1.165, 1.54) is 0 Å². The van der Waals surface area contributed by atoms with Crippen molar-refractivity contribution in [3.05, 3.63) is 64.1 Å². The summed E-state index contributed by atoms with van der Waals surface area (Å²) in [6, 6.07) is 15.0. The van der Waals surface area contributed by atoms with Crippen LogP contribution in [0.3, 0.4) is 0 Å². The van der Waals surface area contributed by atoms with Crippen molar-refractivity contribution in [1.29, 1.82) is 0 Å². The first-order valence-electron chi connectivity index (χ1n) is 8.90. The van der Waals surface area contributed by atoms with Gasteiger partial charge in [0.05, 0.1) is 12.9 Å². The predicted molar refractivity (Wildman–Crippen MR) is 117 cm³/mol. The lowest BCUT2D eigenvalue weighted by Gasteiger charge is -2.28. The quantitative estimate of drug-likeness (QED) is 0.611. The maximum atomic E-state index is 12.9. The van der Waals surface area contributed by atoms with E-state index in [0.29, 0.717) is 12.3 Å². The molecule has 0 fully saturated rings. The van der Waals surface area contributed by atoms with Gasteiger partial charge >= 0.3 is 0 Å². The number of hydrogen-bond donors (Lipinski definition) is 1. The first-order valence-corrected chi connectivity index (χ1v) is 10.9. The van der Waals surface area contributed by atoms with Crippen LogP contribution in [0.2, 0.25) is 0 Å². The van der Waals surface area contributed by atoms with Crippen molar-refractivity contribution in [2.24, 2.45) is 0 Å². The zero-order chi connectivity index (χ0) is 20.5. The summed E-state index contributed by atoms with van der Waals surface area (Å²) in [4.78, 5) is 26.7. The second-order valence-electron chi connectivity index (χ2n) is 6.28. The summed E-state index contributed by atoms with van der Waals surface area (Å²) in [5.74, 6) is 1.51. The van der Waals surface area contributed by atoms with E-state index in [1.54, 1.807) is 37.7 Å². The number of nitrogens with zero attached hydrogens (tertiary/aromatic N) is 1. The first-order chi connectivity index (χ1) is 13.4. The lowest BCUT2D eigenvalue weighted by molar-refractivity contribution is -0.138. The lowest BCUT2D eigenvalue weighted by Crippen LogP contribution is -2.47. The Hall–Kier alpha value is -1.99. The van der Waals surface area contributed by atoms with Crippen molar-refractivity contribution < 1.29 is 14.3 Å². The Morgan fingerprint density at radius 2 is 1.89 bits per heavy atom. The summed E-state index contributed by atoms with van der Waals surface area (Å²) in [6.45, 7) is 2.10. The van der Waals surface area contributed by atoms with Crippen molar-refractivity contribution in [2.45, 2.75) is 25.3 Å². The second-order valence-corrected chi connectivity index (χ2v) is 8.18. The Balaban J connectivity index is 2.05. The highest BCUT2D eigenvalue weighted by Crippen LogP contribution is 2.19. The summed E-state index contributed by atoms with van der Waals surface area (Å²) in [5, 5.41) is 2.63. The molecule has 0 aliphatic rings. The van der Waals surface area contributed by atoms with Gasteiger partial charge in [0, 0.05) is 23.8 Å². The van der Waals surface area contributed by atoms with Gasteiger partial charge in [-0.1, -0.05) is 40.2 Å². The van der Waals surface area contributed by atoms with Crippen molar-refractivity contribution in [2.75, 3.05) is 19.9 Å². The summed E-state index contributed by atoms with van der Waals surface area (Å²) in [6.07, 6.45) is 0. The molecule has 0 bridgehead atoms. The third-order valence-corrected chi connectivity index (χ3v) is 5.83. The van der Waals surface area contributed by atoms with E-state index < -0.39 is 6.04 Å². The Kier molecular flexibility index (Phi) is 8.86.